The maximum Gasteiger partial charge on any atom is 0.00986 e. The van der Waals surface area contributed by atoms with E-state index in [0.717, 1.165) is 31.0 Å². The Morgan fingerprint density at radius 2 is 2.18 bits per heavy atom. The van der Waals surface area contributed by atoms with E-state index in [1.165, 1.54) is 25.7 Å². The van der Waals surface area contributed by atoms with Crippen molar-refractivity contribution < 1.29 is 0 Å². The molecule has 3 N–H and O–H groups in total. The van der Waals surface area contributed by atoms with Crippen molar-refractivity contribution in [3.05, 3.63) is 0 Å². The third-order valence-corrected chi connectivity index (χ3v) is 3.29. The van der Waals surface area contributed by atoms with Crippen LogP contribution in [0.1, 0.15) is 25.7 Å². The minimum Gasteiger partial charge on any atom is -0.329 e. The van der Waals surface area contributed by atoms with Gasteiger partial charge in [0.2, 0.25) is 0 Å². The lowest BCUT2D eigenvalue weighted by Crippen LogP contribution is -2.36. The first-order valence-corrected chi connectivity index (χ1v) is 4.83. The number of nitrogens with one attached hydrogen (secondary N) is 1. The Kier molecular flexibility index (Phi) is 2.14. The summed E-state index contributed by atoms with van der Waals surface area (Å²) in [4.78, 5) is 0. The average molecular weight is 154 g/mol. The van der Waals surface area contributed by atoms with Crippen molar-refractivity contribution in [3.8, 4) is 0 Å². The Morgan fingerprint density at radius 1 is 1.27 bits per heavy atom. The van der Waals surface area contributed by atoms with Crippen molar-refractivity contribution >= 4 is 0 Å². The molecule has 2 rings (SSSR count). The maximum atomic E-state index is 5.44. The fraction of sp³-hybridized carbons (Fsp3) is 1.00. The summed E-state index contributed by atoms with van der Waals surface area (Å²) < 4.78 is 0. The fourth-order valence-corrected chi connectivity index (χ4v) is 2.76. The molecule has 2 heteroatoms. The minimum atomic E-state index is 0.786. The summed E-state index contributed by atoms with van der Waals surface area (Å²) in [5.74, 6) is 2.04. The lowest BCUT2D eigenvalue weighted by Gasteiger charge is -2.22. The van der Waals surface area contributed by atoms with E-state index in [2.05, 4.69) is 5.32 Å². The summed E-state index contributed by atoms with van der Waals surface area (Å²) >= 11 is 0. The lowest BCUT2D eigenvalue weighted by molar-refractivity contribution is 0.355. The minimum absolute atomic E-state index is 0.786. The normalized spacial score (nSPS) is 41.7. The van der Waals surface area contributed by atoms with Gasteiger partial charge in [0, 0.05) is 19.1 Å². The van der Waals surface area contributed by atoms with Gasteiger partial charge in [-0.3, -0.25) is 0 Å². The van der Waals surface area contributed by atoms with Crippen LogP contribution in [-0.2, 0) is 0 Å². The zero-order valence-electron chi connectivity index (χ0n) is 7.05. The first kappa shape index (κ1) is 7.56. The van der Waals surface area contributed by atoms with Crippen LogP contribution in [0.3, 0.4) is 0 Å². The monoisotopic (exact) mass is 154 g/mol. The van der Waals surface area contributed by atoms with Gasteiger partial charge in [0.15, 0.2) is 0 Å². The predicted octanol–water partition coefficient (Wildman–Crippen LogP) is 0.723. The first-order valence-electron chi connectivity index (χ1n) is 4.83. The van der Waals surface area contributed by atoms with Gasteiger partial charge < -0.3 is 11.1 Å². The van der Waals surface area contributed by atoms with E-state index >= 15 is 0 Å². The summed E-state index contributed by atoms with van der Waals surface area (Å²) in [6.07, 6.45) is 5.87. The van der Waals surface area contributed by atoms with Crippen LogP contribution >= 0.6 is 0 Å². The van der Waals surface area contributed by atoms with E-state index in [4.69, 9.17) is 5.73 Å². The van der Waals surface area contributed by atoms with Crippen LogP contribution in [0.25, 0.3) is 0 Å². The highest BCUT2D eigenvalue weighted by molar-refractivity contribution is 4.93. The molecule has 0 aromatic carbocycles. The number of rotatable bonds is 3. The van der Waals surface area contributed by atoms with Gasteiger partial charge in [0.05, 0.1) is 0 Å². The van der Waals surface area contributed by atoms with Gasteiger partial charge in [0.25, 0.3) is 0 Å². The van der Waals surface area contributed by atoms with Crippen molar-refractivity contribution in [2.45, 2.75) is 31.7 Å². The van der Waals surface area contributed by atoms with Gasteiger partial charge in [-0.1, -0.05) is 6.42 Å². The molecule has 2 saturated carbocycles. The average Bonchev–Trinajstić information content (AvgIpc) is 2.60. The molecule has 3 atom stereocenters. The van der Waals surface area contributed by atoms with Crippen molar-refractivity contribution in [1.29, 1.82) is 0 Å². The SMILES string of the molecule is NCCNC1CC2CCC1C2. The number of hydrogen-bond donors (Lipinski definition) is 2. The highest BCUT2D eigenvalue weighted by Gasteiger charge is 2.38. The van der Waals surface area contributed by atoms with E-state index in [-0.39, 0.29) is 0 Å². The Labute approximate surface area is 68.5 Å². The zero-order chi connectivity index (χ0) is 7.68. The molecular weight excluding hydrogens is 136 g/mol. The molecule has 2 bridgehead atoms. The van der Waals surface area contributed by atoms with E-state index in [1.54, 1.807) is 0 Å². The molecular formula is C9H18N2. The highest BCUT2D eigenvalue weighted by Crippen LogP contribution is 2.44. The van der Waals surface area contributed by atoms with Crippen LogP contribution in [0.15, 0.2) is 0 Å². The molecule has 0 aliphatic heterocycles. The Balaban J connectivity index is 1.78. The van der Waals surface area contributed by atoms with Gasteiger partial charge in [-0.25, -0.2) is 0 Å². The molecule has 0 amide bonds. The largest absolute Gasteiger partial charge is 0.329 e. The quantitative estimate of drug-likeness (QED) is 0.628. The fourth-order valence-electron chi connectivity index (χ4n) is 2.76. The third-order valence-electron chi connectivity index (χ3n) is 3.29. The molecule has 0 spiro atoms. The molecule has 0 aromatic heterocycles. The van der Waals surface area contributed by atoms with Crippen molar-refractivity contribution in [1.82, 2.24) is 5.32 Å². The summed E-state index contributed by atoms with van der Waals surface area (Å²) in [5, 5.41) is 3.54. The van der Waals surface area contributed by atoms with E-state index in [1.807, 2.05) is 0 Å². The molecule has 2 nitrogen and oxygen atoms in total. The van der Waals surface area contributed by atoms with Crippen LogP contribution in [0.2, 0.25) is 0 Å². The molecule has 11 heavy (non-hydrogen) atoms. The lowest BCUT2D eigenvalue weighted by atomic mass is 9.95. The second kappa shape index (κ2) is 3.11. The summed E-state index contributed by atoms with van der Waals surface area (Å²) in [6.45, 7) is 1.79. The Morgan fingerprint density at radius 3 is 2.73 bits per heavy atom. The summed E-state index contributed by atoms with van der Waals surface area (Å²) in [7, 11) is 0. The Bertz CT molecular complexity index is 136. The molecule has 2 fully saturated rings. The molecule has 0 aromatic rings. The van der Waals surface area contributed by atoms with Gasteiger partial charge in [-0.05, 0) is 31.1 Å². The first-order chi connectivity index (χ1) is 5.40. The second-order valence-corrected chi connectivity index (χ2v) is 4.02. The third kappa shape index (κ3) is 1.42. The highest BCUT2D eigenvalue weighted by atomic mass is 14.9. The zero-order valence-corrected chi connectivity index (χ0v) is 7.05. The number of nitrogens with two attached hydrogens (primary N) is 1. The van der Waals surface area contributed by atoms with Gasteiger partial charge in [-0.15, -0.1) is 0 Å². The molecule has 0 radical (unpaired) electrons. The molecule has 0 heterocycles. The number of fused-ring (bicyclic) bond motifs is 2. The van der Waals surface area contributed by atoms with Crippen LogP contribution in [-0.4, -0.2) is 19.1 Å². The van der Waals surface area contributed by atoms with Crippen molar-refractivity contribution in [3.63, 3.8) is 0 Å². The van der Waals surface area contributed by atoms with E-state index in [9.17, 15) is 0 Å². The van der Waals surface area contributed by atoms with Gasteiger partial charge >= 0.3 is 0 Å². The molecule has 2 aliphatic rings. The van der Waals surface area contributed by atoms with Crippen LogP contribution in [0.4, 0.5) is 0 Å². The van der Waals surface area contributed by atoms with Crippen molar-refractivity contribution in [2.75, 3.05) is 13.1 Å². The maximum absolute atomic E-state index is 5.44. The second-order valence-electron chi connectivity index (χ2n) is 4.02. The molecule has 3 unspecified atom stereocenters. The predicted molar refractivity (Wildman–Crippen MR) is 46.3 cm³/mol. The smallest absolute Gasteiger partial charge is 0.00986 e. The van der Waals surface area contributed by atoms with Crippen LogP contribution in [0.5, 0.6) is 0 Å². The van der Waals surface area contributed by atoms with Crippen LogP contribution in [0, 0.1) is 11.8 Å². The van der Waals surface area contributed by atoms with Crippen LogP contribution < -0.4 is 11.1 Å². The topological polar surface area (TPSA) is 38.0 Å². The number of hydrogen-bond acceptors (Lipinski definition) is 2. The molecule has 64 valence electrons. The summed E-state index contributed by atoms with van der Waals surface area (Å²) in [6, 6.07) is 0.817. The van der Waals surface area contributed by atoms with Gasteiger partial charge in [-0.2, -0.15) is 0 Å². The van der Waals surface area contributed by atoms with Crippen molar-refractivity contribution in [2.24, 2.45) is 17.6 Å². The Hall–Kier alpha value is -0.0800. The molecule has 0 saturated heterocycles. The van der Waals surface area contributed by atoms with Gasteiger partial charge in [0.1, 0.15) is 0 Å². The van der Waals surface area contributed by atoms with E-state index in [0.29, 0.717) is 0 Å². The summed E-state index contributed by atoms with van der Waals surface area (Å²) in [5.41, 5.74) is 5.44. The standard InChI is InChI=1S/C9H18N2/c10-3-4-11-9-6-7-1-2-8(9)5-7/h7-9,11H,1-6,10H2. The molecule has 2 aliphatic carbocycles. The van der Waals surface area contributed by atoms with E-state index < -0.39 is 0 Å².